The minimum Gasteiger partial charge on any atom is -0.390 e. The second kappa shape index (κ2) is 6.11. The van der Waals surface area contributed by atoms with E-state index >= 15 is 0 Å². The minimum absolute atomic E-state index is 0.147. The topological polar surface area (TPSA) is 40.5 Å². The summed E-state index contributed by atoms with van der Waals surface area (Å²) in [5.41, 5.74) is -0.594. The number of carbonyl (C=O) groups excluding carboxylic acids is 1. The molecule has 90 valence electrons. The molecule has 15 heavy (non-hydrogen) atoms. The molecule has 0 atom stereocenters. The molecule has 3 heteroatoms. The van der Waals surface area contributed by atoms with Crippen molar-refractivity contribution in [2.75, 3.05) is 13.1 Å². The van der Waals surface area contributed by atoms with Crippen LogP contribution in [-0.4, -0.2) is 34.6 Å². The number of hydrogen-bond acceptors (Lipinski definition) is 2. The van der Waals surface area contributed by atoms with Crippen LogP contribution in [0.5, 0.6) is 0 Å². The smallest absolute Gasteiger partial charge is 0.219 e. The van der Waals surface area contributed by atoms with Crippen LogP contribution in [-0.2, 0) is 4.79 Å². The van der Waals surface area contributed by atoms with Crippen LogP contribution in [0.1, 0.15) is 47.5 Å². The lowest BCUT2D eigenvalue weighted by atomic mass is 9.83. The van der Waals surface area contributed by atoms with Crippen molar-refractivity contribution in [2.45, 2.75) is 53.1 Å². The van der Waals surface area contributed by atoms with Crippen LogP contribution in [0.3, 0.4) is 0 Å². The Balaban J connectivity index is 0.000000921. The van der Waals surface area contributed by atoms with Gasteiger partial charge in [0.1, 0.15) is 0 Å². The lowest BCUT2D eigenvalue weighted by Gasteiger charge is -2.37. The highest BCUT2D eigenvalue weighted by molar-refractivity contribution is 5.73. The summed E-state index contributed by atoms with van der Waals surface area (Å²) in [6.07, 6.45) is 1.84. The summed E-state index contributed by atoms with van der Waals surface area (Å²) < 4.78 is 0. The third kappa shape index (κ3) is 4.65. The lowest BCUT2D eigenvalue weighted by Crippen LogP contribution is -2.43. The van der Waals surface area contributed by atoms with Crippen LogP contribution in [0.15, 0.2) is 0 Å². The highest BCUT2D eigenvalue weighted by atomic mass is 16.3. The number of nitrogens with zero attached hydrogens (tertiary/aromatic N) is 1. The van der Waals surface area contributed by atoms with Gasteiger partial charge in [0.15, 0.2) is 0 Å². The van der Waals surface area contributed by atoms with Crippen LogP contribution in [0, 0.1) is 5.92 Å². The van der Waals surface area contributed by atoms with E-state index in [-0.39, 0.29) is 5.91 Å². The van der Waals surface area contributed by atoms with Gasteiger partial charge in [0.05, 0.1) is 5.60 Å². The van der Waals surface area contributed by atoms with Crippen LogP contribution in [0.2, 0.25) is 0 Å². The van der Waals surface area contributed by atoms with E-state index in [1.165, 1.54) is 0 Å². The number of rotatable bonds is 1. The molecule has 0 aromatic carbocycles. The molecule has 1 saturated heterocycles. The highest BCUT2D eigenvalue weighted by Crippen LogP contribution is 2.27. The summed E-state index contributed by atoms with van der Waals surface area (Å²) in [6, 6.07) is 0. The second-order valence-corrected chi connectivity index (χ2v) is 4.43. The molecule has 1 fully saturated rings. The van der Waals surface area contributed by atoms with Crippen LogP contribution < -0.4 is 0 Å². The third-order valence-electron chi connectivity index (χ3n) is 2.94. The van der Waals surface area contributed by atoms with E-state index in [9.17, 15) is 9.90 Å². The van der Waals surface area contributed by atoms with Crippen molar-refractivity contribution in [3.8, 4) is 0 Å². The monoisotopic (exact) mass is 215 g/mol. The second-order valence-electron chi connectivity index (χ2n) is 4.43. The summed E-state index contributed by atoms with van der Waals surface area (Å²) in [6.45, 7) is 10.9. The molecule has 1 N–H and O–H groups in total. The lowest BCUT2D eigenvalue weighted by molar-refractivity contribution is -0.131. The number of likely N-dealkylation sites (tertiary alicyclic amines) is 1. The van der Waals surface area contributed by atoms with E-state index < -0.39 is 5.60 Å². The zero-order valence-corrected chi connectivity index (χ0v) is 10.7. The van der Waals surface area contributed by atoms with Crippen molar-refractivity contribution in [3.05, 3.63) is 0 Å². The van der Waals surface area contributed by atoms with Crippen molar-refractivity contribution < 1.29 is 9.90 Å². The Kier molecular flexibility index (Phi) is 5.88. The quantitative estimate of drug-likeness (QED) is 0.727. The number of carbonyl (C=O) groups is 1. The molecule has 0 saturated carbocycles. The summed E-state index contributed by atoms with van der Waals surface area (Å²) >= 11 is 0. The molecule has 1 aliphatic heterocycles. The first kappa shape index (κ1) is 14.4. The summed E-state index contributed by atoms with van der Waals surface area (Å²) in [5, 5.41) is 9.76. The zero-order chi connectivity index (χ0) is 12.1. The first-order valence-electron chi connectivity index (χ1n) is 5.89. The van der Waals surface area contributed by atoms with E-state index in [4.69, 9.17) is 0 Å². The normalized spacial score (nSPS) is 18.1. The molecule has 0 aromatic heterocycles. The molecule has 1 aliphatic rings. The summed E-state index contributed by atoms with van der Waals surface area (Å²) in [7, 11) is 0. The molecular weight excluding hydrogens is 190 g/mol. The maximum atomic E-state index is 11.0. The fraction of sp³-hybridized carbons (Fsp3) is 0.917. The Labute approximate surface area is 93.5 Å². The van der Waals surface area contributed by atoms with Gasteiger partial charge in [-0.05, 0) is 32.6 Å². The predicted octanol–water partition coefficient (Wildman–Crippen LogP) is 2.04. The van der Waals surface area contributed by atoms with Crippen molar-refractivity contribution in [1.29, 1.82) is 0 Å². The van der Waals surface area contributed by atoms with Crippen molar-refractivity contribution in [1.82, 2.24) is 4.90 Å². The molecule has 1 rings (SSSR count). The van der Waals surface area contributed by atoms with Gasteiger partial charge < -0.3 is 10.0 Å². The number of hydrogen-bond donors (Lipinski definition) is 1. The molecule has 0 radical (unpaired) electrons. The number of amides is 1. The van der Waals surface area contributed by atoms with E-state index in [0.29, 0.717) is 5.92 Å². The Bertz CT molecular complexity index is 188. The largest absolute Gasteiger partial charge is 0.390 e. The van der Waals surface area contributed by atoms with Gasteiger partial charge in [-0.15, -0.1) is 0 Å². The predicted molar refractivity (Wildman–Crippen MR) is 62.6 cm³/mol. The van der Waals surface area contributed by atoms with Crippen molar-refractivity contribution in [3.63, 3.8) is 0 Å². The maximum Gasteiger partial charge on any atom is 0.219 e. The average molecular weight is 215 g/mol. The molecule has 0 spiro atoms. The molecule has 0 aliphatic carbocycles. The van der Waals surface area contributed by atoms with Gasteiger partial charge in [-0.25, -0.2) is 0 Å². The van der Waals surface area contributed by atoms with Crippen molar-refractivity contribution >= 4 is 5.91 Å². The van der Waals surface area contributed by atoms with E-state index in [1.807, 2.05) is 32.6 Å². The number of aliphatic hydroxyl groups is 1. The molecule has 0 aromatic rings. The SMILES string of the molecule is CC.CC(=O)N1CCC(C(C)(C)O)CC1. The zero-order valence-electron chi connectivity index (χ0n) is 10.7. The van der Waals surface area contributed by atoms with Gasteiger partial charge in [0, 0.05) is 20.0 Å². The Morgan fingerprint density at radius 1 is 1.27 bits per heavy atom. The van der Waals surface area contributed by atoms with Crippen LogP contribution in [0.4, 0.5) is 0 Å². The van der Waals surface area contributed by atoms with Crippen LogP contribution in [0.25, 0.3) is 0 Å². The Hall–Kier alpha value is -0.570. The van der Waals surface area contributed by atoms with Gasteiger partial charge in [-0.3, -0.25) is 4.79 Å². The molecule has 3 nitrogen and oxygen atoms in total. The molecule has 1 heterocycles. The minimum atomic E-state index is -0.594. The fourth-order valence-corrected chi connectivity index (χ4v) is 1.90. The average Bonchev–Trinajstić information content (AvgIpc) is 2.20. The third-order valence-corrected chi connectivity index (χ3v) is 2.94. The first-order chi connectivity index (χ1) is 6.91. The van der Waals surface area contributed by atoms with Gasteiger partial charge >= 0.3 is 0 Å². The maximum absolute atomic E-state index is 11.0. The molecule has 1 amide bonds. The van der Waals surface area contributed by atoms with E-state index in [1.54, 1.807) is 6.92 Å². The first-order valence-corrected chi connectivity index (χ1v) is 5.89. The summed E-state index contributed by atoms with van der Waals surface area (Å²) in [5.74, 6) is 0.484. The van der Waals surface area contributed by atoms with E-state index in [0.717, 1.165) is 25.9 Å². The van der Waals surface area contributed by atoms with E-state index in [2.05, 4.69) is 0 Å². The van der Waals surface area contributed by atoms with Gasteiger partial charge in [0.2, 0.25) is 5.91 Å². The van der Waals surface area contributed by atoms with Gasteiger partial charge in [0.25, 0.3) is 0 Å². The fourth-order valence-electron chi connectivity index (χ4n) is 1.90. The van der Waals surface area contributed by atoms with Crippen molar-refractivity contribution in [2.24, 2.45) is 5.92 Å². The standard InChI is InChI=1S/C10H19NO2.C2H6/c1-8(12)11-6-4-9(5-7-11)10(2,3)13;1-2/h9,13H,4-7H2,1-3H3;1-2H3. The summed E-state index contributed by atoms with van der Waals surface area (Å²) in [4.78, 5) is 12.9. The Morgan fingerprint density at radius 2 is 1.67 bits per heavy atom. The number of piperidine rings is 1. The Morgan fingerprint density at radius 3 is 1.93 bits per heavy atom. The highest BCUT2D eigenvalue weighted by Gasteiger charge is 2.30. The molecular formula is C12H25NO2. The van der Waals surface area contributed by atoms with Crippen LogP contribution >= 0.6 is 0 Å². The molecule has 0 unspecified atom stereocenters. The molecule has 0 bridgehead atoms. The van der Waals surface area contributed by atoms with Gasteiger partial charge in [-0.2, -0.15) is 0 Å². The van der Waals surface area contributed by atoms with Gasteiger partial charge in [-0.1, -0.05) is 13.8 Å².